The van der Waals surface area contributed by atoms with Crippen molar-refractivity contribution in [3.8, 4) is 0 Å². The Bertz CT molecular complexity index is 599. The van der Waals surface area contributed by atoms with Crippen molar-refractivity contribution >= 4 is 27.5 Å². The first kappa shape index (κ1) is 14.5. The maximum Gasteiger partial charge on any atom is 0.159 e. The SMILES string of the molecule is Cc1ccc(C(Cl)Cc2ccc(F)c(F)c2)cc1Br. The van der Waals surface area contributed by atoms with Gasteiger partial charge in [-0.05, 0) is 48.2 Å². The first-order chi connectivity index (χ1) is 8.97. The Morgan fingerprint density at radius 2 is 1.84 bits per heavy atom. The van der Waals surface area contributed by atoms with E-state index in [-0.39, 0.29) is 5.38 Å². The van der Waals surface area contributed by atoms with Crippen molar-refractivity contribution in [3.63, 3.8) is 0 Å². The zero-order valence-electron chi connectivity index (χ0n) is 10.3. The molecule has 1 unspecified atom stereocenters. The van der Waals surface area contributed by atoms with E-state index in [1.165, 1.54) is 6.07 Å². The van der Waals surface area contributed by atoms with E-state index >= 15 is 0 Å². The lowest BCUT2D eigenvalue weighted by Gasteiger charge is -2.11. The fourth-order valence-electron chi connectivity index (χ4n) is 1.80. The van der Waals surface area contributed by atoms with Gasteiger partial charge in [-0.2, -0.15) is 0 Å². The van der Waals surface area contributed by atoms with Crippen LogP contribution in [-0.2, 0) is 6.42 Å². The Kier molecular flexibility index (Phi) is 4.58. The Labute approximate surface area is 124 Å². The highest BCUT2D eigenvalue weighted by Crippen LogP contribution is 2.29. The second-order valence-corrected chi connectivity index (χ2v) is 5.81. The molecule has 0 aromatic heterocycles. The third-order valence-corrected chi connectivity index (χ3v) is 4.22. The minimum atomic E-state index is -0.841. The second-order valence-electron chi connectivity index (χ2n) is 4.43. The Balaban J connectivity index is 2.17. The third-order valence-electron chi connectivity index (χ3n) is 2.96. The summed E-state index contributed by atoms with van der Waals surface area (Å²) < 4.78 is 27.0. The predicted octanol–water partition coefficient (Wildman–Crippen LogP) is 5.56. The van der Waals surface area contributed by atoms with Gasteiger partial charge in [0.25, 0.3) is 0 Å². The fourth-order valence-corrected chi connectivity index (χ4v) is 2.51. The van der Waals surface area contributed by atoms with E-state index in [0.717, 1.165) is 21.7 Å². The van der Waals surface area contributed by atoms with Crippen LogP contribution in [-0.4, -0.2) is 0 Å². The zero-order valence-corrected chi connectivity index (χ0v) is 12.6. The topological polar surface area (TPSA) is 0 Å². The zero-order chi connectivity index (χ0) is 14.0. The van der Waals surface area contributed by atoms with Crippen LogP contribution in [0.15, 0.2) is 40.9 Å². The molecule has 0 radical (unpaired) electrons. The summed E-state index contributed by atoms with van der Waals surface area (Å²) in [5.74, 6) is -1.68. The smallest absolute Gasteiger partial charge is 0.159 e. The Morgan fingerprint density at radius 1 is 1.11 bits per heavy atom. The van der Waals surface area contributed by atoms with Gasteiger partial charge in [0.1, 0.15) is 0 Å². The van der Waals surface area contributed by atoms with Gasteiger partial charge in [-0.25, -0.2) is 8.78 Å². The van der Waals surface area contributed by atoms with Crippen LogP contribution < -0.4 is 0 Å². The summed E-state index contributed by atoms with van der Waals surface area (Å²) in [6, 6.07) is 9.73. The van der Waals surface area contributed by atoms with Gasteiger partial charge in [0.2, 0.25) is 0 Å². The molecule has 2 aromatic rings. The molecule has 1 atom stereocenters. The fraction of sp³-hybridized carbons (Fsp3) is 0.200. The van der Waals surface area contributed by atoms with Crippen molar-refractivity contribution in [1.29, 1.82) is 0 Å². The first-order valence-corrected chi connectivity index (χ1v) is 7.04. The van der Waals surface area contributed by atoms with Crippen LogP contribution >= 0.6 is 27.5 Å². The molecule has 0 bridgehead atoms. The molecule has 0 nitrogen and oxygen atoms in total. The van der Waals surface area contributed by atoms with Crippen LogP contribution in [0.5, 0.6) is 0 Å². The summed E-state index contributed by atoms with van der Waals surface area (Å²) in [6.45, 7) is 1.99. The molecular weight excluding hydrogens is 334 g/mol. The predicted molar refractivity (Wildman–Crippen MR) is 77.5 cm³/mol. The van der Waals surface area contributed by atoms with E-state index in [1.807, 2.05) is 25.1 Å². The van der Waals surface area contributed by atoms with Crippen molar-refractivity contribution in [2.75, 3.05) is 0 Å². The molecule has 0 heterocycles. The van der Waals surface area contributed by atoms with Gasteiger partial charge < -0.3 is 0 Å². The van der Waals surface area contributed by atoms with Crippen LogP contribution in [0.25, 0.3) is 0 Å². The summed E-state index contributed by atoms with van der Waals surface area (Å²) in [5.41, 5.74) is 2.75. The van der Waals surface area contributed by atoms with Crippen LogP contribution in [0.4, 0.5) is 8.78 Å². The van der Waals surface area contributed by atoms with Gasteiger partial charge in [0.15, 0.2) is 11.6 Å². The highest BCUT2D eigenvalue weighted by molar-refractivity contribution is 9.10. The molecule has 0 amide bonds. The molecule has 19 heavy (non-hydrogen) atoms. The van der Waals surface area contributed by atoms with Crippen molar-refractivity contribution in [2.24, 2.45) is 0 Å². The number of hydrogen-bond acceptors (Lipinski definition) is 0. The number of halogens is 4. The van der Waals surface area contributed by atoms with Gasteiger partial charge in [-0.3, -0.25) is 0 Å². The Hall–Kier alpha value is -0.930. The monoisotopic (exact) mass is 344 g/mol. The van der Waals surface area contributed by atoms with Gasteiger partial charge in [-0.1, -0.05) is 34.1 Å². The molecular formula is C15H12BrClF2. The van der Waals surface area contributed by atoms with Gasteiger partial charge in [0, 0.05) is 4.47 Å². The van der Waals surface area contributed by atoms with Gasteiger partial charge >= 0.3 is 0 Å². The highest BCUT2D eigenvalue weighted by atomic mass is 79.9. The number of alkyl halides is 1. The molecule has 4 heteroatoms. The maximum absolute atomic E-state index is 13.1. The summed E-state index contributed by atoms with van der Waals surface area (Å²) in [7, 11) is 0. The molecule has 0 aliphatic rings. The molecule has 0 saturated heterocycles. The first-order valence-electron chi connectivity index (χ1n) is 5.81. The average Bonchev–Trinajstić information content (AvgIpc) is 2.37. The van der Waals surface area contributed by atoms with Crippen molar-refractivity contribution in [3.05, 3.63) is 69.2 Å². The van der Waals surface area contributed by atoms with Crippen LogP contribution in [0, 0.1) is 18.6 Å². The van der Waals surface area contributed by atoms with E-state index in [1.54, 1.807) is 6.07 Å². The van der Waals surface area contributed by atoms with Gasteiger partial charge in [0.05, 0.1) is 5.38 Å². The summed E-state index contributed by atoms with van der Waals surface area (Å²) >= 11 is 9.77. The van der Waals surface area contributed by atoms with E-state index in [4.69, 9.17) is 11.6 Å². The molecule has 100 valence electrons. The minimum absolute atomic E-state index is 0.276. The molecule has 2 rings (SSSR count). The normalized spacial score (nSPS) is 12.5. The molecule has 0 aliphatic carbocycles. The number of hydrogen-bond donors (Lipinski definition) is 0. The molecule has 0 N–H and O–H groups in total. The highest BCUT2D eigenvalue weighted by Gasteiger charge is 2.12. The molecule has 2 aromatic carbocycles. The van der Waals surface area contributed by atoms with E-state index in [9.17, 15) is 8.78 Å². The van der Waals surface area contributed by atoms with Crippen molar-refractivity contribution < 1.29 is 8.78 Å². The lowest BCUT2D eigenvalue weighted by atomic mass is 10.0. The summed E-state index contributed by atoms with van der Waals surface area (Å²) in [5, 5.41) is -0.276. The molecule has 0 saturated carbocycles. The maximum atomic E-state index is 13.1. The third kappa shape index (κ3) is 3.54. The lowest BCUT2D eigenvalue weighted by Crippen LogP contribution is -1.98. The second kappa shape index (κ2) is 6.02. The summed E-state index contributed by atoms with van der Waals surface area (Å²) in [4.78, 5) is 0. The standard InChI is InChI=1S/C15H12BrClF2/c1-9-2-4-11(8-12(9)16)13(17)6-10-3-5-14(18)15(19)7-10/h2-5,7-8,13H,6H2,1H3. The molecule has 0 spiro atoms. The van der Waals surface area contributed by atoms with Crippen LogP contribution in [0.3, 0.4) is 0 Å². The minimum Gasteiger partial charge on any atom is -0.204 e. The van der Waals surface area contributed by atoms with Crippen LogP contribution in [0.1, 0.15) is 22.1 Å². The number of rotatable bonds is 3. The van der Waals surface area contributed by atoms with E-state index < -0.39 is 11.6 Å². The lowest BCUT2D eigenvalue weighted by molar-refractivity contribution is 0.507. The van der Waals surface area contributed by atoms with Gasteiger partial charge in [-0.15, -0.1) is 11.6 Å². The largest absolute Gasteiger partial charge is 0.204 e. The van der Waals surface area contributed by atoms with Crippen molar-refractivity contribution in [1.82, 2.24) is 0 Å². The molecule has 0 fully saturated rings. The van der Waals surface area contributed by atoms with E-state index in [2.05, 4.69) is 15.9 Å². The Morgan fingerprint density at radius 3 is 2.47 bits per heavy atom. The number of benzene rings is 2. The average molecular weight is 346 g/mol. The van der Waals surface area contributed by atoms with E-state index in [0.29, 0.717) is 12.0 Å². The molecule has 0 aliphatic heterocycles. The van der Waals surface area contributed by atoms with Crippen molar-refractivity contribution in [2.45, 2.75) is 18.7 Å². The quantitative estimate of drug-likeness (QED) is 0.639. The number of aryl methyl sites for hydroxylation is 1. The van der Waals surface area contributed by atoms with Crippen LogP contribution in [0.2, 0.25) is 0 Å². The summed E-state index contributed by atoms with van der Waals surface area (Å²) in [6.07, 6.45) is 0.453.